The molecule has 0 aliphatic carbocycles. The summed E-state index contributed by atoms with van der Waals surface area (Å²) in [5.74, 6) is -1.44. The van der Waals surface area contributed by atoms with Crippen LogP contribution >= 0.6 is 0 Å². The number of carboxylic acids is 1. The van der Waals surface area contributed by atoms with E-state index in [4.69, 9.17) is 15.1 Å². The third kappa shape index (κ3) is 2.95. The van der Waals surface area contributed by atoms with Crippen molar-refractivity contribution in [1.29, 1.82) is 5.26 Å². The van der Waals surface area contributed by atoms with Gasteiger partial charge in [0.1, 0.15) is 6.10 Å². The minimum atomic E-state index is -1.05. The lowest BCUT2D eigenvalue weighted by molar-refractivity contribution is -0.150. The zero-order valence-electron chi connectivity index (χ0n) is 10.9. The summed E-state index contributed by atoms with van der Waals surface area (Å²) < 4.78 is 5.18. The van der Waals surface area contributed by atoms with Crippen LogP contribution in [0.25, 0.3) is 0 Å². The largest absolute Gasteiger partial charge is 0.479 e. The van der Waals surface area contributed by atoms with E-state index in [1.165, 1.54) is 0 Å². The summed E-state index contributed by atoms with van der Waals surface area (Å²) in [5, 5.41) is 20.3. The molecule has 104 valence electrons. The van der Waals surface area contributed by atoms with E-state index < -0.39 is 18.2 Å². The molecule has 1 aliphatic rings. The summed E-state index contributed by atoms with van der Waals surface area (Å²) in [5.41, 5.74) is 1.81. The molecule has 2 atom stereocenters. The van der Waals surface area contributed by atoms with Crippen molar-refractivity contribution in [3.8, 4) is 6.07 Å². The van der Waals surface area contributed by atoms with Crippen molar-refractivity contribution in [3.05, 3.63) is 29.3 Å². The van der Waals surface area contributed by atoms with Gasteiger partial charge in [0.25, 0.3) is 5.91 Å². The average molecular weight is 274 g/mol. The molecule has 1 saturated heterocycles. The standard InChI is InChI=1S/C14H14N2O4/c1-8-2-3-9(7-15)6-10(8)16-13(17)11-4-5-12(20-11)14(18)19/h2-3,6,11-12H,4-5H2,1H3,(H,16,17)(H,18,19). The van der Waals surface area contributed by atoms with E-state index in [1.54, 1.807) is 18.2 Å². The molecule has 2 unspecified atom stereocenters. The molecule has 2 N–H and O–H groups in total. The maximum Gasteiger partial charge on any atom is 0.332 e. The lowest BCUT2D eigenvalue weighted by atomic mass is 10.1. The Bertz CT molecular complexity index is 591. The third-order valence-electron chi connectivity index (χ3n) is 3.21. The predicted octanol–water partition coefficient (Wildman–Crippen LogP) is 1.44. The highest BCUT2D eigenvalue weighted by molar-refractivity contribution is 5.95. The number of hydrogen-bond donors (Lipinski definition) is 2. The second-order valence-electron chi connectivity index (χ2n) is 4.66. The first-order valence-electron chi connectivity index (χ1n) is 6.21. The normalized spacial score (nSPS) is 21.2. The van der Waals surface area contributed by atoms with Gasteiger partial charge < -0.3 is 15.2 Å². The van der Waals surface area contributed by atoms with Crippen LogP contribution in [0.3, 0.4) is 0 Å². The number of rotatable bonds is 3. The number of aliphatic carboxylic acids is 1. The van der Waals surface area contributed by atoms with Crippen molar-refractivity contribution >= 4 is 17.6 Å². The summed E-state index contributed by atoms with van der Waals surface area (Å²) in [7, 11) is 0. The van der Waals surface area contributed by atoms with Crippen LogP contribution in [0.1, 0.15) is 24.0 Å². The second kappa shape index (κ2) is 5.72. The third-order valence-corrected chi connectivity index (χ3v) is 3.21. The maximum atomic E-state index is 12.0. The van der Waals surface area contributed by atoms with Gasteiger partial charge in [-0.15, -0.1) is 0 Å². The smallest absolute Gasteiger partial charge is 0.332 e. The summed E-state index contributed by atoms with van der Waals surface area (Å²) in [6.45, 7) is 1.81. The monoisotopic (exact) mass is 274 g/mol. The first-order valence-corrected chi connectivity index (χ1v) is 6.21. The quantitative estimate of drug-likeness (QED) is 0.868. The van der Waals surface area contributed by atoms with Crippen LogP contribution in [0.4, 0.5) is 5.69 Å². The predicted molar refractivity (Wildman–Crippen MR) is 70.1 cm³/mol. The molecule has 1 heterocycles. The Morgan fingerprint density at radius 1 is 1.40 bits per heavy atom. The summed E-state index contributed by atoms with van der Waals surface area (Å²) in [6, 6.07) is 6.98. The van der Waals surface area contributed by atoms with Crippen LogP contribution in [0.15, 0.2) is 18.2 Å². The molecule has 0 radical (unpaired) electrons. The van der Waals surface area contributed by atoms with Gasteiger partial charge in [-0.1, -0.05) is 6.07 Å². The van der Waals surface area contributed by atoms with E-state index in [9.17, 15) is 9.59 Å². The zero-order valence-corrected chi connectivity index (χ0v) is 10.9. The van der Waals surface area contributed by atoms with Crippen LogP contribution in [-0.2, 0) is 14.3 Å². The van der Waals surface area contributed by atoms with E-state index >= 15 is 0 Å². The van der Waals surface area contributed by atoms with E-state index in [-0.39, 0.29) is 5.91 Å². The number of nitrogens with zero attached hydrogens (tertiary/aromatic N) is 1. The Kier molecular flexibility index (Phi) is 4.01. The van der Waals surface area contributed by atoms with Crippen LogP contribution < -0.4 is 5.32 Å². The number of amides is 1. The molecule has 1 aromatic carbocycles. The highest BCUT2D eigenvalue weighted by atomic mass is 16.5. The maximum absolute atomic E-state index is 12.0. The van der Waals surface area contributed by atoms with Gasteiger partial charge in [-0.3, -0.25) is 4.79 Å². The number of carboxylic acid groups (broad SMARTS) is 1. The van der Waals surface area contributed by atoms with E-state index in [0.29, 0.717) is 24.1 Å². The average Bonchev–Trinajstić information content (AvgIpc) is 2.91. The van der Waals surface area contributed by atoms with Crippen LogP contribution in [0.2, 0.25) is 0 Å². The molecular weight excluding hydrogens is 260 g/mol. The Balaban J connectivity index is 2.06. The number of carbonyl (C=O) groups excluding carboxylic acids is 1. The number of nitrogens with one attached hydrogen (secondary N) is 1. The van der Waals surface area contributed by atoms with Crippen molar-refractivity contribution in [2.45, 2.75) is 32.0 Å². The van der Waals surface area contributed by atoms with Gasteiger partial charge in [-0.25, -0.2) is 4.79 Å². The molecule has 0 saturated carbocycles. The SMILES string of the molecule is Cc1ccc(C#N)cc1NC(=O)C1CCC(C(=O)O)O1. The number of aryl methyl sites for hydroxylation is 1. The van der Waals surface area contributed by atoms with Crippen LogP contribution in [0.5, 0.6) is 0 Å². The number of anilines is 1. The fourth-order valence-electron chi connectivity index (χ4n) is 2.05. The summed E-state index contributed by atoms with van der Waals surface area (Å²) in [6.07, 6.45) is -0.983. The first kappa shape index (κ1) is 14.0. The van der Waals surface area contributed by atoms with Crippen LogP contribution in [-0.4, -0.2) is 29.2 Å². The van der Waals surface area contributed by atoms with Crippen molar-refractivity contribution in [2.75, 3.05) is 5.32 Å². The van der Waals surface area contributed by atoms with Gasteiger partial charge in [0.2, 0.25) is 0 Å². The minimum absolute atomic E-state index is 0.324. The molecule has 20 heavy (non-hydrogen) atoms. The van der Waals surface area contributed by atoms with Gasteiger partial charge in [-0.05, 0) is 37.5 Å². The highest BCUT2D eigenvalue weighted by Gasteiger charge is 2.34. The fourth-order valence-corrected chi connectivity index (χ4v) is 2.05. The molecule has 1 fully saturated rings. The van der Waals surface area contributed by atoms with E-state index in [2.05, 4.69) is 5.32 Å². The van der Waals surface area contributed by atoms with Crippen molar-refractivity contribution in [3.63, 3.8) is 0 Å². The van der Waals surface area contributed by atoms with Gasteiger partial charge in [0.15, 0.2) is 6.10 Å². The first-order chi connectivity index (χ1) is 9.51. The topological polar surface area (TPSA) is 99.4 Å². The van der Waals surface area contributed by atoms with Gasteiger partial charge in [0, 0.05) is 5.69 Å². The van der Waals surface area contributed by atoms with Gasteiger partial charge in [-0.2, -0.15) is 5.26 Å². The molecule has 1 aliphatic heterocycles. The number of nitriles is 1. The molecule has 0 spiro atoms. The lowest BCUT2D eigenvalue weighted by Gasteiger charge is -2.13. The number of ether oxygens (including phenoxy) is 1. The van der Waals surface area contributed by atoms with Crippen molar-refractivity contribution < 1.29 is 19.4 Å². The number of carbonyl (C=O) groups is 2. The van der Waals surface area contributed by atoms with Crippen molar-refractivity contribution in [2.24, 2.45) is 0 Å². The molecule has 0 bridgehead atoms. The number of hydrogen-bond acceptors (Lipinski definition) is 4. The summed E-state index contributed by atoms with van der Waals surface area (Å²) in [4.78, 5) is 22.8. The summed E-state index contributed by atoms with van der Waals surface area (Å²) >= 11 is 0. The Labute approximate surface area is 116 Å². The van der Waals surface area contributed by atoms with Gasteiger partial charge in [0.05, 0.1) is 11.6 Å². The Morgan fingerprint density at radius 2 is 2.10 bits per heavy atom. The van der Waals surface area contributed by atoms with Crippen LogP contribution in [0, 0.1) is 18.3 Å². The lowest BCUT2D eigenvalue weighted by Crippen LogP contribution is -2.30. The van der Waals surface area contributed by atoms with Crippen molar-refractivity contribution in [1.82, 2.24) is 0 Å². The highest BCUT2D eigenvalue weighted by Crippen LogP contribution is 2.23. The van der Waals surface area contributed by atoms with E-state index in [0.717, 1.165) is 5.56 Å². The molecule has 1 aromatic rings. The van der Waals surface area contributed by atoms with Gasteiger partial charge >= 0.3 is 5.97 Å². The molecule has 2 rings (SSSR count). The molecule has 6 nitrogen and oxygen atoms in total. The Hall–Kier alpha value is -2.39. The number of benzene rings is 1. The molecule has 1 amide bonds. The molecule has 0 aromatic heterocycles. The second-order valence-corrected chi connectivity index (χ2v) is 4.66. The minimum Gasteiger partial charge on any atom is -0.479 e. The fraction of sp³-hybridized carbons (Fsp3) is 0.357. The van der Waals surface area contributed by atoms with E-state index in [1.807, 2.05) is 13.0 Å². The zero-order chi connectivity index (χ0) is 14.7. The molecular formula is C14H14N2O4. The Morgan fingerprint density at radius 3 is 2.70 bits per heavy atom. The molecule has 6 heteroatoms.